The Hall–Kier alpha value is -0.160. The molecule has 0 aliphatic heterocycles. The first-order chi connectivity index (χ1) is 9.11. The second-order valence-electron chi connectivity index (χ2n) is 5.33. The maximum absolute atomic E-state index is 5.46. The summed E-state index contributed by atoms with van der Waals surface area (Å²) in [6.07, 6.45) is 0. The zero-order valence-corrected chi connectivity index (χ0v) is 13.6. The van der Waals surface area contributed by atoms with Crippen LogP contribution in [0.25, 0.3) is 0 Å². The molecule has 0 saturated heterocycles. The fourth-order valence-corrected chi connectivity index (χ4v) is 1.91. The first-order valence-corrected chi connectivity index (χ1v) is 7.72. The summed E-state index contributed by atoms with van der Waals surface area (Å²) in [4.78, 5) is 2.44. The largest absolute Gasteiger partial charge is 0.380 e. The van der Waals surface area contributed by atoms with Crippen LogP contribution in [0.3, 0.4) is 0 Å². The zero-order chi connectivity index (χ0) is 14.5. The van der Waals surface area contributed by atoms with Crippen LogP contribution in [0.15, 0.2) is 0 Å². The fourth-order valence-electron chi connectivity index (χ4n) is 1.91. The van der Waals surface area contributed by atoms with Crippen molar-refractivity contribution in [2.24, 2.45) is 5.92 Å². The standard InChI is InChI=1S/C15H34N2O2/c1-6-18-10-8-17(9-11-19-7-2)15(5)13-16-12-14(3)4/h14-16H,6-13H2,1-5H3. The predicted molar refractivity (Wildman–Crippen MR) is 81.7 cm³/mol. The monoisotopic (exact) mass is 274 g/mol. The van der Waals surface area contributed by atoms with E-state index in [-0.39, 0.29) is 0 Å². The van der Waals surface area contributed by atoms with Gasteiger partial charge in [-0.05, 0) is 33.2 Å². The number of nitrogens with one attached hydrogen (secondary N) is 1. The Morgan fingerprint density at radius 2 is 1.42 bits per heavy atom. The minimum Gasteiger partial charge on any atom is -0.380 e. The van der Waals surface area contributed by atoms with Crippen LogP contribution in [0.5, 0.6) is 0 Å². The highest BCUT2D eigenvalue weighted by Gasteiger charge is 2.13. The van der Waals surface area contributed by atoms with Crippen molar-refractivity contribution in [3.05, 3.63) is 0 Å². The van der Waals surface area contributed by atoms with E-state index in [1.807, 2.05) is 13.8 Å². The third-order valence-electron chi connectivity index (χ3n) is 3.07. The van der Waals surface area contributed by atoms with Crippen molar-refractivity contribution in [2.75, 3.05) is 52.6 Å². The van der Waals surface area contributed by atoms with E-state index in [4.69, 9.17) is 9.47 Å². The number of ether oxygens (including phenoxy) is 2. The van der Waals surface area contributed by atoms with Gasteiger partial charge in [-0.15, -0.1) is 0 Å². The van der Waals surface area contributed by atoms with Crippen molar-refractivity contribution in [1.29, 1.82) is 0 Å². The first kappa shape index (κ1) is 18.8. The molecule has 4 heteroatoms. The van der Waals surface area contributed by atoms with Crippen molar-refractivity contribution in [3.8, 4) is 0 Å². The topological polar surface area (TPSA) is 33.7 Å². The van der Waals surface area contributed by atoms with Gasteiger partial charge in [0.2, 0.25) is 0 Å². The lowest BCUT2D eigenvalue weighted by Gasteiger charge is -2.29. The molecule has 0 amide bonds. The molecule has 0 heterocycles. The van der Waals surface area contributed by atoms with Gasteiger partial charge >= 0.3 is 0 Å². The van der Waals surface area contributed by atoms with Crippen molar-refractivity contribution in [3.63, 3.8) is 0 Å². The summed E-state index contributed by atoms with van der Waals surface area (Å²) in [7, 11) is 0. The summed E-state index contributed by atoms with van der Waals surface area (Å²) in [6, 6.07) is 0.514. The second-order valence-corrected chi connectivity index (χ2v) is 5.33. The summed E-state index contributed by atoms with van der Waals surface area (Å²) in [6.45, 7) is 18.1. The third kappa shape index (κ3) is 11.4. The predicted octanol–water partition coefficient (Wildman–Crippen LogP) is 2.00. The summed E-state index contributed by atoms with van der Waals surface area (Å²) < 4.78 is 10.9. The van der Waals surface area contributed by atoms with Gasteiger partial charge in [-0.25, -0.2) is 0 Å². The molecule has 0 aliphatic carbocycles. The molecule has 0 bridgehead atoms. The van der Waals surface area contributed by atoms with Crippen LogP contribution in [0, 0.1) is 5.92 Å². The molecule has 0 aliphatic rings. The third-order valence-corrected chi connectivity index (χ3v) is 3.07. The highest BCUT2D eigenvalue weighted by atomic mass is 16.5. The lowest BCUT2D eigenvalue weighted by atomic mass is 10.2. The first-order valence-electron chi connectivity index (χ1n) is 7.72. The van der Waals surface area contributed by atoms with Crippen LogP contribution < -0.4 is 5.32 Å². The molecule has 0 aromatic carbocycles. The lowest BCUT2D eigenvalue weighted by molar-refractivity contribution is 0.0660. The number of hydrogen-bond donors (Lipinski definition) is 1. The van der Waals surface area contributed by atoms with Gasteiger partial charge in [0, 0.05) is 38.9 Å². The molecular formula is C15H34N2O2. The lowest BCUT2D eigenvalue weighted by Crippen LogP contribution is -2.44. The Labute approximate surface area is 119 Å². The minimum absolute atomic E-state index is 0.514. The van der Waals surface area contributed by atoms with Crippen LogP contribution in [0.1, 0.15) is 34.6 Å². The van der Waals surface area contributed by atoms with Gasteiger partial charge in [-0.3, -0.25) is 4.90 Å². The second kappa shape index (κ2) is 12.9. The number of rotatable bonds is 13. The zero-order valence-electron chi connectivity index (χ0n) is 13.6. The SMILES string of the molecule is CCOCCN(CCOCC)C(C)CNCC(C)C. The Bertz CT molecular complexity index is 179. The van der Waals surface area contributed by atoms with E-state index >= 15 is 0 Å². The minimum atomic E-state index is 0.514. The van der Waals surface area contributed by atoms with Gasteiger partial charge in [-0.2, -0.15) is 0 Å². The molecule has 1 unspecified atom stereocenters. The Morgan fingerprint density at radius 1 is 0.895 bits per heavy atom. The van der Waals surface area contributed by atoms with Crippen LogP contribution in [-0.2, 0) is 9.47 Å². The average Bonchev–Trinajstić information content (AvgIpc) is 2.36. The van der Waals surface area contributed by atoms with E-state index in [1.54, 1.807) is 0 Å². The molecule has 0 saturated carbocycles. The van der Waals surface area contributed by atoms with Gasteiger partial charge in [0.05, 0.1) is 13.2 Å². The van der Waals surface area contributed by atoms with Crippen molar-refractivity contribution < 1.29 is 9.47 Å². The molecule has 0 fully saturated rings. The maximum Gasteiger partial charge on any atom is 0.0593 e. The van der Waals surface area contributed by atoms with Crippen LogP contribution in [0.4, 0.5) is 0 Å². The number of nitrogens with zero attached hydrogens (tertiary/aromatic N) is 1. The molecule has 0 rings (SSSR count). The van der Waals surface area contributed by atoms with Crippen LogP contribution in [-0.4, -0.2) is 63.5 Å². The average molecular weight is 274 g/mol. The summed E-state index contributed by atoms with van der Waals surface area (Å²) in [5, 5.41) is 3.52. The van der Waals surface area contributed by atoms with E-state index in [0.717, 1.165) is 52.6 Å². The van der Waals surface area contributed by atoms with Crippen LogP contribution in [0.2, 0.25) is 0 Å². The Morgan fingerprint density at radius 3 is 1.84 bits per heavy atom. The summed E-state index contributed by atoms with van der Waals surface area (Å²) in [5.74, 6) is 0.701. The van der Waals surface area contributed by atoms with E-state index in [9.17, 15) is 0 Å². The molecule has 4 nitrogen and oxygen atoms in total. The molecule has 1 atom stereocenters. The van der Waals surface area contributed by atoms with E-state index in [0.29, 0.717) is 12.0 Å². The molecular weight excluding hydrogens is 240 g/mol. The van der Waals surface area contributed by atoms with Gasteiger partial charge in [0.25, 0.3) is 0 Å². The number of hydrogen-bond acceptors (Lipinski definition) is 4. The van der Waals surface area contributed by atoms with Gasteiger partial charge in [0.1, 0.15) is 0 Å². The molecule has 1 N–H and O–H groups in total. The molecule has 19 heavy (non-hydrogen) atoms. The smallest absolute Gasteiger partial charge is 0.0593 e. The summed E-state index contributed by atoms with van der Waals surface area (Å²) in [5.41, 5.74) is 0. The Balaban J connectivity index is 3.96. The highest BCUT2D eigenvalue weighted by Crippen LogP contribution is 1.99. The molecule has 0 aromatic rings. The van der Waals surface area contributed by atoms with Crippen molar-refractivity contribution in [1.82, 2.24) is 10.2 Å². The van der Waals surface area contributed by atoms with E-state index < -0.39 is 0 Å². The molecule has 0 aromatic heterocycles. The van der Waals surface area contributed by atoms with Crippen molar-refractivity contribution in [2.45, 2.75) is 40.7 Å². The molecule has 0 spiro atoms. The van der Waals surface area contributed by atoms with Gasteiger partial charge < -0.3 is 14.8 Å². The van der Waals surface area contributed by atoms with Gasteiger partial charge in [0.15, 0.2) is 0 Å². The van der Waals surface area contributed by atoms with Crippen LogP contribution >= 0.6 is 0 Å². The van der Waals surface area contributed by atoms with Gasteiger partial charge in [-0.1, -0.05) is 13.8 Å². The fraction of sp³-hybridized carbons (Fsp3) is 1.00. The summed E-state index contributed by atoms with van der Waals surface area (Å²) >= 11 is 0. The van der Waals surface area contributed by atoms with E-state index in [1.165, 1.54) is 0 Å². The normalized spacial score (nSPS) is 13.4. The highest BCUT2D eigenvalue weighted by molar-refractivity contribution is 4.70. The molecule has 116 valence electrons. The van der Waals surface area contributed by atoms with E-state index in [2.05, 4.69) is 31.0 Å². The van der Waals surface area contributed by atoms with Crippen molar-refractivity contribution >= 4 is 0 Å². The maximum atomic E-state index is 5.46. The molecule has 0 radical (unpaired) electrons. The quantitative estimate of drug-likeness (QED) is 0.521. The Kier molecular flexibility index (Phi) is 12.7.